The van der Waals surface area contributed by atoms with E-state index in [4.69, 9.17) is 11.6 Å². The molecule has 0 spiro atoms. The standard InChI is InChI=1S/C7H5ClF.BrH.Zn/c1-5-2-3-6(8)4-7(5)9;;/h2-4H,1H2;1H;/q-1;;. The Morgan fingerprint density at radius 2 is 1.91 bits per heavy atom. The minimum atomic E-state index is -0.359. The van der Waals surface area contributed by atoms with Crippen molar-refractivity contribution in [3.8, 4) is 0 Å². The van der Waals surface area contributed by atoms with Gasteiger partial charge in [-0.05, 0) is 0 Å². The summed E-state index contributed by atoms with van der Waals surface area (Å²) in [6, 6.07) is 4.38. The monoisotopic (exact) mass is 287 g/mol. The fraction of sp³-hybridized carbons (Fsp3) is 0. The zero-order valence-electron chi connectivity index (χ0n) is 5.81. The zero-order valence-corrected chi connectivity index (χ0v) is 11.2. The average molecular weight is 290 g/mol. The Morgan fingerprint density at radius 1 is 1.36 bits per heavy atom. The van der Waals surface area contributed by atoms with Gasteiger partial charge in [-0.3, -0.25) is 4.39 Å². The molecule has 0 nitrogen and oxygen atoms in total. The Morgan fingerprint density at radius 3 is 2.27 bits per heavy atom. The van der Waals surface area contributed by atoms with Gasteiger partial charge in [0.1, 0.15) is 0 Å². The summed E-state index contributed by atoms with van der Waals surface area (Å²) in [4.78, 5) is 0. The van der Waals surface area contributed by atoms with Crippen molar-refractivity contribution in [3.05, 3.63) is 41.5 Å². The van der Waals surface area contributed by atoms with Gasteiger partial charge in [-0.25, -0.2) is 0 Å². The number of hydrogen-bond donors (Lipinski definition) is 0. The van der Waals surface area contributed by atoms with E-state index >= 15 is 0 Å². The second kappa shape index (κ2) is 5.99. The maximum Gasteiger partial charge on any atom is 0.0192 e. The van der Waals surface area contributed by atoms with Crippen LogP contribution in [-0.4, -0.2) is 0 Å². The molecular weight excluding hydrogens is 284 g/mol. The molecule has 0 amide bonds. The summed E-state index contributed by atoms with van der Waals surface area (Å²) in [5.74, 6) is -0.359. The minimum absolute atomic E-state index is 0. The van der Waals surface area contributed by atoms with Gasteiger partial charge in [0.05, 0.1) is 0 Å². The number of benzene rings is 1. The molecule has 0 atom stereocenters. The quantitative estimate of drug-likeness (QED) is 0.508. The molecule has 0 unspecified atom stereocenters. The molecule has 0 heterocycles. The van der Waals surface area contributed by atoms with Crippen LogP contribution >= 0.6 is 28.6 Å². The Labute approximate surface area is 93.7 Å². The Balaban J connectivity index is 0. The molecule has 4 heteroatoms. The SMILES string of the molecule is Br.[CH2-]c1ccc(Cl)cc1F.[Zn]. The van der Waals surface area contributed by atoms with Gasteiger partial charge in [0.2, 0.25) is 0 Å². The zero-order chi connectivity index (χ0) is 6.85. The molecule has 11 heavy (non-hydrogen) atoms. The summed E-state index contributed by atoms with van der Waals surface area (Å²) in [6.45, 7) is 3.43. The van der Waals surface area contributed by atoms with Gasteiger partial charge in [-0.15, -0.1) is 17.0 Å². The molecule has 58 valence electrons. The van der Waals surface area contributed by atoms with Crippen LogP contribution in [-0.2, 0) is 19.5 Å². The molecule has 1 aromatic carbocycles. The van der Waals surface area contributed by atoms with Gasteiger partial charge in [0, 0.05) is 30.3 Å². The smallest absolute Gasteiger partial charge is 0.0192 e. The van der Waals surface area contributed by atoms with Crippen LogP contribution in [0.1, 0.15) is 5.56 Å². The topological polar surface area (TPSA) is 0 Å². The molecule has 0 aliphatic carbocycles. The van der Waals surface area contributed by atoms with Crippen LogP contribution in [0.15, 0.2) is 18.2 Å². The summed E-state index contributed by atoms with van der Waals surface area (Å²) in [7, 11) is 0. The Bertz CT molecular complexity index is 230. The van der Waals surface area contributed by atoms with Crippen molar-refractivity contribution in [3.63, 3.8) is 0 Å². The second-order valence-corrected chi connectivity index (χ2v) is 2.17. The predicted molar refractivity (Wildman–Crippen MR) is 46.2 cm³/mol. The Hall–Kier alpha value is 0.413. The summed E-state index contributed by atoms with van der Waals surface area (Å²) in [5.41, 5.74) is 0.374. The molecule has 0 fully saturated rings. The van der Waals surface area contributed by atoms with Crippen LogP contribution in [0.2, 0.25) is 5.02 Å². The number of halogens is 3. The van der Waals surface area contributed by atoms with E-state index in [1.54, 1.807) is 6.07 Å². The van der Waals surface area contributed by atoms with E-state index in [0.717, 1.165) is 0 Å². The van der Waals surface area contributed by atoms with Gasteiger partial charge >= 0.3 is 0 Å². The van der Waals surface area contributed by atoms with Crippen LogP contribution in [0.4, 0.5) is 4.39 Å². The van der Waals surface area contributed by atoms with Gasteiger partial charge in [0.15, 0.2) is 0 Å². The van der Waals surface area contributed by atoms with Crippen molar-refractivity contribution in [2.75, 3.05) is 0 Å². The van der Waals surface area contributed by atoms with E-state index in [1.807, 2.05) is 0 Å². The minimum Gasteiger partial charge on any atom is -0.284 e. The molecule has 0 saturated heterocycles. The number of hydrogen-bond acceptors (Lipinski definition) is 0. The van der Waals surface area contributed by atoms with Crippen LogP contribution in [0.25, 0.3) is 0 Å². The molecular formula is C7H6BrClFZn-. The van der Waals surface area contributed by atoms with E-state index in [-0.39, 0.29) is 42.3 Å². The largest absolute Gasteiger partial charge is 0.284 e. The van der Waals surface area contributed by atoms with Crippen molar-refractivity contribution in [2.45, 2.75) is 0 Å². The van der Waals surface area contributed by atoms with Crippen molar-refractivity contribution in [1.29, 1.82) is 0 Å². The molecule has 1 rings (SSSR count). The first kappa shape index (κ1) is 14.0. The average Bonchev–Trinajstić information content (AvgIpc) is 1.80. The second-order valence-electron chi connectivity index (χ2n) is 1.74. The van der Waals surface area contributed by atoms with Crippen LogP contribution in [0.5, 0.6) is 0 Å². The van der Waals surface area contributed by atoms with Crippen molar-refractivity contribution < 1.29 is 23.9 Å². The third kappa shape index (κ3) is 4.10. The molecule has 1 aromatic rings. The van der Waals surface area contributed by atoms with E-state index in [0.29, 0.717) is 10.6 Å². The summed E-state index contributed by atoms with van der Waals surface area (Å²) >= 11 is 5.45. The maximum atomic E-state index is 12.4. The van der Waals surface area contributed by atoms with Crippen molar-refractivity contribution in [2.24, 2.45) is 0 Å². The van der Waals surface area contributed by atoms with Crippen LogP contribution in [0.3, 0.4) is 0 Å². The molecule has 0 bridgehead atoms. The van der Waals surface area contributed by atoms with E-state index < -0.39 is 0 Å². The fourth-order valence-electron chi connectivity index (χ4n) is 0.522. The van der Waals surface area contributed by atoms with E-state index in [2.05, 4.69) is 6.92 Å². The first-order chi connectivity index (χ1) is 4.20. The van der Waals surface area contributed by atoms with Gasteiger partial charge in [0.25, 0.3) is 0 Å². The molecule has 0 radical (unpaired) electrons. The van der Waals surface area contributed by atoms with Gasteiger partial charge in [-0.2, -0.15) is 18.6 Å². The normalized spacial score (nSPS) is 7.82. The number of rotatable bonds is 0. The Kier molecular flexibility index (Phi) is 7.60. The molecule has 0 aromatic heterocycles. The molecule has 0 saturated carbocycles. The summed E-state index contributed by atoms with van der Waals surface area (Å²) < 4.78 is 12.4. The molecule has 0 aliphatic rings. The van der Waals surface area contributed by atoms with Gasteiger partial charge < -0.3 is 0 Å². The van der Waals surface area contributed by atoms with Crippen LogP contribution in [0, 0.1) is 12.7 Å². The molecule has 0 aliphatic heterocycles. The third-order valence-corrected chi connectivity index (χ3v) is 1.25. The molecule has 0 N–H and O–H groups in total. The van der Waals surface area contributed by atoms with Crippen LogP contribution < -0.4 is 0 Å². The predicted octanol–water partition coefficient (Wildman–Crippen LogP) is 3.24. The van der Waals surface area contributed by atoms with Gasteiger partial charge in [-0.1, -0.05) is 23.7 Å². The van der Waals surface area contributed by atoms with Crippen molar-refractivity contribution in [1.82, 2.24) is 0 Å². The summed E-state index contributed by atoms with van der Waals surface area (Å²) in [6.07, 6.45) is 0. The van der Waals surface area contributed by atoms with E-state index in [1.165, 1.54) is 12.1 Å². The van der Waals surface area contributed by atoms with E-state index in [9.17, 15) is 4.39 Å². The first-order valence-corrected chi connectivity index (χ1v) is 2.85. The third-order valence-electron chi connectivity index (χ3n) is 1.02. The van der Waals surface area contributed by atoms with Crippen molar-refractivity contribution >= 4 is 28.6 Å². The first-order valence-electron chi connectivity index (χ1n) is 2.47. The maximum absolute atomic E-state index is 12.4. The summed E-state index contributed by atoms with van der Waals surface area (Å²) in [5, 5.41) is 0.403. The fourth-order valence-corrected chi connectivity index (χ4v) is 0.680.